The molecule has 2 aliphatic rings. The molecule has 30 heavy (non-hydrogen) atoms. The lowest BCUT2D eigenvalue weighted by Crippen LogP contribution is -2.26. The van der Waals surface area contributed by atoms with E-state index < -0.39 is 0 Å². The second kappa shape index (κ2) is 9.53. The van der Waals surface area contributed by atoms with Crippen molar-refractivity contribution in [1.82, 2.24) is 14.9 Å². The molecule has 160 valence electrons. The molecule has 0 aliphatic carbocycles. The summed E-state index contributed by atoms with van der Waals surface area (Å²) >= 11 is 0. The molecule has 2 aliphatic heterocycles. The molecule has 7 heteroatoms. The van der Waals surface area contributed by atoms with Crippen LogP contribution < -0.4 is 9.64 Å². The summed E-state index contributed by atoms with van der Waals surface area (Å²) in [5, 5.41) is 0. The predicted molar refractivity (Wildman–Crippen MR) is 114 cm³/mol. The zero-order valence-electron chi connectivity index (χ0n) is 17.8. The second-order valence-corrected chi connectivity index (χ2v) is 8.23. The Morgan fingerprint density at radius 1 is 1.03 bits per heavy atom. The van der Waals surface area contributed by atoms with Crippen LogP contribution in [0.15, 0.2) is 30.5 Å². The topological polar surface area (TPSA) is 67.8 Å². The molecule has 0 spiro atoms. The third-order valence-electron chi connectivity index (χ3n) is 5.45. The van der Waals surface area contributed by atoms with Crippen molar-refractivity contribution in [2.45, 2.75) is 52.3 Å². The standard InChI is InChI=1S/C23H30N4O3/c1-17(2)29-11-12-30-23-24-14-20-13-21(28)27(22(20)25-23)16-19-7-5-18(6-8-19)15-26-9-3-4-10-26/h5-8,14,17H,3-4,9-13,15-16H2,1-2H3. The molecule has 0 saturated carbocycles. The number of carbonyl (C=O) groups is 1. The molecule has 1 saturated heterocycles. The van der Waals surface area contributed by atoms with E-state index in [4.69, 9.17) is 9.47 Å². The first-order valence-corrected chi connectivity index (χ1v) is 10.8. The normalized spacial score (nSPS) is 16.5. The van der Waals surface area contributed by atoms with Crippen LogP contribution in [-0.4, -0.2) is 53.2 Å². The van der Waals surface area contributed by atoms with Crippen molar-refractivity contribution in [3.05, 3.63) is 47.2 Å². The van der Waals surface area contributed by atoms with Crippen LogP contribution in [0.2, 0.25) is 0 Å². The summed E-state index contributed by atoms with van der Waals surface area (Å²) in [6, 6.07) is 8.83. The maximum atomic E-state index is 12.6. The smallest absolute Gasteiger partial charge is 0.318 e. The van der Waals surface area contributed by atoms with Gasteiger partial charge in [-0.05, 0) is 50.9 Å². The third kappa shape index (κ3) is 5.15. The number of rotatable bonds is 9. The summed E-state index contributed by atoms with van der Waals surface area (Å²) in [6.45, 7) is 8.70. The van der Waals surface area contributed by atoms with E-state index in [-0.39, 0.29) is 18.0 Å². The number of ether oxygens (including phenoxy) is 2. The Hall–Kier alpha value is -2.51. The largest absolute Gasteiger partial charge is 0.461 e. The second-order valence-electron chi connectivity index (χ2n) is 8.23. The number of anilines is 1. The Balaban J connectivity index is 1.39. The average molecular weight is 411 g/mol. The molecular weight excluding hydrogens is 380 g/mol. The fourth-order valence-corrected chi connectivity index (χ4v) is 3.90. The molecule has 2 aromatic rings. The van der Waals surface area contributed by atoms with Crippen molar-refractivity contribution in [2.75, 3.05) is 31.2 Å². The molecule has 1 amide bonds. The van der Waals surface area contributed by atoms with E-state index in [0.29, 0.717) is 32.0 Å². The van der Waals surface area contributed by atoms with Crippen molar-refractivity contribution >= 4 is 11.7 Å². The first-order chi connectivity index (χ1) is 14.6. The van der Waals surface area contributed by atoms with E-state index in [1.54, 1.807) is 11.1 Å². The van der Waals surface area contributed by atoms with E-state index >= 15 is 0 Å². The summed E-state index contributed by atoms with van der Waals surface area (Å²) in [6.07, 6.45) is 4.78. The van der Waals surface area contributed by atoms with Crippen LogP contribution in [0.3, 0.4) is 0 Å². The lowest BCUT2D eigenvalue weighted by molar-refractivity contribution is -0.117. The lowest BCUT2D eigenvalue weighted by atomic mass is 10.1. The van der Waals surface area contributed by atoms with Gasteiger partial charge in [0.15, 0.2) is 0 Å². The van der Waals surface area contributed by atoms with Crippen LogP contribution in [0.5, 0.6) is 6.01 Å². The van der Waals surface area contributed by atoms with Gasteiger partial charge in [-0.15, -0.1) is 0 Å². The summed E-state index contributed by atoms with van der Waals surface area (Å²) in [5.74, 6) is 0.691. The van der Waals surface area contributed by atoms with Crippen LogP contribution >= 0.6 is 0 Å². The fraction of sp³-hybridized carbons (Fsp3) is 0.522. The number of fused-ring (bicyclic) bond motifs is 1. The number of aromatic nitrogens is 2. The van der Waals surface area contributed by atoms with Gasteiger partial charge in [0.25, 0.3) is 0 Å². The highest BCUT2D eigenvalue weighted by Crippen LogP contribution is 2.29. The molecular formula is C23H30N4O3. The third-order valence-corrected chi connectivity index (χ3v) is 5.45. The van der Waals surface area contributed by atoms with Crippen molar-refractivity contribution in [1.29, 1.82) is 0 Å². The van der Waals surface area contributed by atoms with Gasteiger partial charge in [-0.1, -0.05) is 24.3 Å². The molecule has 1 aromatic carbocycles. The van der Waals surface area contributed by atoms with Crippen LogP contribution in [0, 0.1) is 0 Å². The predicted octanol–water partition coefficient (Wildman–Crippen LogP) is 2.97. The minimum absolute atomic E-state index is 0.0423. The van der Waals surface area contributed by atoms with Gasteiger partial charge in [0.05, 0.1) is 25.7 Å². The van der Waals surface area contributed by atoms with E-state index in [0.717, 1.165) is 17.7 Å². The molecule has 0 N–H and O–H groups in total. The number of hydrogen-bond acceptors (Lipinski definition) is 6. The number of nitrogens with zero attached hydrogens (tertiary/aromatic N) is 4. The molecule has 1 fully saturated rings. The van der Waals surface area contributed by atoms with Crippen molar-refractivity contribution < 1.29 is 14.3 Å². The van der Waals surface area contributed by atoms with E-state index in [9.17, 15) is 4.79 Å². The molecule has 3 heterocycles. The number of carbonyl (C=O) groups excluding carboxylic acids is 1. The highest BCUT2D eigenvalue weighted by atomic mass is 16.5. The molecule has 7 nitrogen and oxygen atoms in total. The van der Waals surface area contributed by atoms with Crippen molar-refractivity contribution in [3.8, 4) is 6.01 Å². The quantitative estimate of drug-likeness (QED) is 0.592. The highest BCUT2D eigenvalue weighted by molar-refractivity contribution is 6.00. The Labute approximate surface area is 178 Å². The molecule has 0 unspecified atom stereocenters. The number of amides is 1. The van der Waals surface area contributed by atoms with Crippen LogP contribution in [0.1, 0.15) is 43.4 Å². The molecule has 0 radical (unpaired) electrons. The van der Waals surface area contributed by atoms with Crippen LogP contribution in [0.4, 0.5) is 5.82 Å². The van der Waals surface area contributed by atoms with Gasteiger partial charge in [-0.2, -0.15) is 4.98 Å². The summed E-state index contributed by atoms with van der Waals surface area (Å²) in [5.41, 5.74) is 3.25. The Bertz CT molecular complexity index is 863. The van der Waals surface area contributed by atoms with Gasteiger partial charge in [0.2, 0.25) is 5.91 Å². The van der Waals surface area contributed by atoms with E-state index in [2.05, 4.69) is 39.1 Å². The van der Waals surface area contributed by atoms with Crippen LogP contribution in [0.25, 0.3) is 0 Å². The molecule has 0 bridgehead atoms. The van der Waals surface area contributed by atoms with Gasteiger partial charge in [-0.25, -0.2) is 4.98 Å². The summed E-state index contributed by atoms with van der Waals surface area (Å²) in [7, 11) is 0. The maximum absolute atomic E-state index is 12.6. The van der Waals surface area contributed by atoms with Crippen molar-refractivity contribution in [2.24, 2.45) is 0 Å². The number of likely N-dealkylation sites (tertiary alicyclic amines) is 1. The Morgan fingerprint density at radius 3 is 2.43 bits per heavy atom. The van der Waals surface area contributed by atoms with Gasteiger partial charge in [0.1, 0.15) is 12.4 Å². The summed E-state index contributed by atoms with van der Waals surface area (Å²) < 4.78 is 11.1. The maximum Gasteiger partial charge on any atom is 0.318 e. The van der Waals surface area contributed by atoms with Crippen LogP contribution in [-0.2, 0) is 29.0 Å². The monoisotopic (exact) mass is 410 g/mol. The zero-order valence-corrected chi connectivity index (χ0v) is 17.8. The van der Waals surface area contributed by atoms with Gasteiger partial charge in [-0.3, -0.25) is 14.6 Å². The highest BCUT2D eigenvalue weighted by Gasteiger charge is 2.30. The fourth-order valence-electron chi connectivity index (χ4n) is 3.90. The first kappa shape index (κ1) is 20.8. The summed E-state index contributed by atoms with van der Waals surface area (Å²) in [4.78, 5) is 25.5. The average Bonchev–Trinajstić information content (AvgIpc) is 3.34. The van der Waals surface area contributed by atoms with Gasteiger partial charge in [0, 0.05) is 18.3 Å². The SMILES string of the molecule is CC(C)OCCOc1ncc2c(n1)N(Cc1ccc(CN3CCCC3)cc1)C(=O)C2. The minimum atomic E-state index is 0.0423. The molecule has 4 rings (SSSR count). The zero-order chi connectivity index (χ0) is 20.9. The van der Waals surface area contributed by atoms with Gasteiger partial charge < -0.3 is 9.47 Å². The molecule has 1 aromatic heterocycles. The lowest BCUT2D eigenvalue weighted by Gasteiger charge is -2.18. The number of benzene rings is 1. The van der Waals surface area contributed by atoms with Crippen molar-refractivity contribution in [3.63, 3.8) is 0 Å². The van der Waals surface area contributed by atoms with E-state index in [1.165, 1.54) is 31.5 Å². The van der Waals surface area contributed by atoms with E-state index in [1.807, 2.05) is 13.8 Å². The minimum Gasteiger partial charge on any atom is -0.461 e. The Kier molecular flexibility index (Phi) is 6.59. The molecule has 0 atom stereocenters. The van der Waals surface area contributed by atoms with Gasteiger partial charge >= 0.3 is 6.01 Å². The first-order valence-electron chi connectivity index (χ1n) is 10.8. The number of hydrogen-bond donors (Lipinski definition) is 0. The Morgan fingerprint density at radius 2 is 1.73 bits per heavy atom.